The number of nitrogens with one attached hydrogen (secondary N) is 3. The number of halogens is 3. The molecular formula is C21H15Br2ClN5O2+. The molecule has 0 unspecified atom stereocenters. The van der Waals surface area contributed by atoms with Gasteiger partial charge in [0.05, 0.1) is 21.9 Å². The Morgan fingerprint density at radius 2 is 1.84 bits per heavy atom. The predicted octanol–water partition coefficient (Wildman–Crippen LogP) is 4.48. The van der Waals surface area contributed by atoms with Crippen LogP contribution in [0.25, 0.3) is 16.6 Å². The molecule has 2 aromatic carbocycles. The number of anilines is 1. The molecule has 2 aromatic heterocycles. The number of fused-ring (bicyclic) bond motifs is 1. The Labute approximate surface area is 198 Å². The number of rotatable bonds is 4. The molecule has 4 aromatic rings. The minimum Gasteiger partial charge on any atom is -0.317 e. The highest BCUT2D eigenvalue weighted by molar-refractivity contribution is 9.11. The highest BCUT2D eigenvalue weighted by Crippen LogP contribution is 2.35. The summed E-state index contributed by atoms with van der Waals surface area (Å²) in [4.78, 5) is 28.8. The van der Waals surface area contributed by atoms with E-state index in [2.05, 4.69) is 47.6 Å². The molecule has 0 radical (unpaired) electrons. The van der Waals surface area contributed by atoms with Crippen molar-refractivity contribution in [1.29, 1.82) is 0 Å². The Hall–Kier alpha value is -2.72. The van der Waals surface area contributed by atoms with E-state index in [9.17, 15) is 9.59 Å². The van der Waals surface area contributed by atoms with Crippen LogP contribution >= 0.6 is 43.5 Å². The second kappa shape index (κ2) is 8.80. The lowest BCUT2D eigenvalue weighted by Gasteiger charge is -2.14. The average molecular weight is 565 g/mol. The van der Waals surface area contributed by atoms with E-state index >= 15 is 0 Å². The van der Waals surface area contributed by atoms with Gasteiger partial charge in [-0.15, -0.1) is 0 Å². The number of benzene rings is 2. The molecule has 31 heavy (non-hydrogen) atoms. The molecule has 0 fully saturated rings. The first-order valence-electron chi connectivity index (χ1n) is 8.98. The lowest BCUT2D eigenvalue weighted by atomic mass is 10.0. The molecule has 2 heterocycles. The van der Waals surface area contributed by atoms with Crippen LogP contribution in [-0.4, -0.2) is 16.4 Å². The van der Waals surface area contributed by atoms with Gasteiger partial charge < -0.3 is 5.32 Å². The van der Waals surface area contributed by atoms with Gasteiger partial charge in [0.2, 0.25) is 0 Å². The quantitative estimate of drug-likeness (QED) is 0.194. The van der Waals surface area contributed by atoms with Crippen LogP contribution in [0.1, 0.15) is 20.8 Å². The van der Waals surface area contributed by atoms with Gasteiger partial charge in [-0.3, -0.25) is 15.0 Å². The molecule has 0 aliphatic rings. The minimum atomic E-state index is -0.530. The number of carbonyl (C=O) groups excluding carboxylic acids is 2. The van der Waals surface area contributed by atoms with Gasteiger partial charge in [0, 0.05) is 10.5 Å². The summed E-state index contributed by atoms with van der Waals surface area (Å²) in [5, 5.41) is 4.94. The fraction of sp³-hybridized carbons (Fsp3) is 0. The normalized spacial score (nSPS) is 10.8. The standard InChI is InChI=1S/C21H14Br2ClN5O2/c22-12-9-16(29(10-12)19-15(24)6-3-7-26-19)21(31)27-18-14(20(30)28-25)8-11-4-1-2-5-13(11)17(18)23/h1-10H,25H2,(H,27,31)(H,28,30)/p+1. The predicted molar refractivity (Wildman–Crippen MR) is 126 cm³/mol. The number of nitrogens with two attached hydrogens (primary N) is 1. The molecular weight excluding hydrogens is 550 g/mol. The first-order chi connectivity index (χ1) is 14.9. The lowest BCUT2D eigenvalue weighted by Crippen LogP contribution is -2.31. The van der Waals surface area contributed by atoms with Crippen molar-refractivity contribution in [2.24, 2.45) is 5.84 Å². The van der Waals surface area contributed by atoms with Crippen LogP contribution in [0, 0.1) is 0 Å². The fourth-order valence-corrected chi connectivity index (χ4v) is 4.56. The van der Waals surface area contributed by atoms with E-state index in [0.717, 1.165) is 10.8 Å². The van der Waals surface area contributed by atoms with Crippen LogP contribution < -0.4 is 21.6 Å². The fourth-order valence-electron chi connectivity index (χ4n) is 3.24. The van der Waals surface area contributed by atoms with E-state index in [4.69, 9.17) is 17.4 Å². The number of amides is 2. The molecule has 0 spiro atoms. The third-order valence-electron chi connectivity index (χ3n) is 4.65. The summed E-state index contributed by atoms with van der Waals surface area (Å²) < 4.78 is 2.88. The molecule has 0 atom stereocenters. The van der Waals surface area contributed by atoms with Gasteiger partial charge >= 0.3 is 5.82 Å². The maximum absolute atomic E-state index is 13.3. The summed E-state index contributed by atoms with van der Waals surface area (Å²) >= 11 is 13.2. The molecule has 5 N–H and O–H groups in total. The Bertz CT molecular complexity index is 1340. The van der Waals surface area contributed by atoms with Gasteiger partial charge in [0.25, 0.3) is 11.8 Å². The van der Waals surface area contributed by atoms with Crippen LogP contribution in [0.15, 0.2) is 69.9 Å². The number of aromatic amines is 1. The summed E-state index contributed by atoms with van der Waals surface area (Å²) in [5.41, 5.74) is 2.96. The molecule has 4 rings (SSSR count). The summed E-state index contributed by atoms with van der Waals surface area (Å²) in [6, 6.07) is 14.3. The SMILES string of the molecule is NNC(=O)c1cc2ccccc2c(Br)c1NC(=O)c1cc(Br)cn1-c1[nH+]cccc1Cl. The second-order valence-electron chi connectivity index (χ2n) is 6.54. The maximum Gasteiger partial charge on any atom is 0.303 e. The van der Waals surface area contributed by atoms with Crippen molar-refractivity contribution in [1.82, 2.24) is 9.99 Å². The van der Waals surface area contributed by atoms with Crippen molar-refractivity contribution in [3.8, 4) is 5.82 Å². The van der Waals surface area contributed by atoms with E-state index < -0.39 is 11.8 Å². The van der Waals surface area contributed by atoms with Gasteiger partial charge in [0.15, 0.2) is 5.69 Å². The number of nitrogen functional groups attached to an aromatic ring is 1. The molecule has 0 bridgehead atoms. The molecule has 0 saturated heterocycles. The van der Waals surface area contributed by atoms with E-state index in [1.165, 1.54) is 0 Å². The average Bonchev–Trinajstić information content (AvgIpc) is 3.16. The number of nitrogens with zero attached hydrogens (tertiary/aromatic N) is 1. The van der Waals surface area contributed by atoms with Crippen molar-refractivity contribution in [3.05, 3.63) is 86.2 Å². The van der Waals surface area contributed by atoms with Crippen LogP contribution in [0.4, 0.5) is 5.69 Å². The number of hydrogen-bond acceptors (Lipinski definition) is 3. The zero-order valence-corrected chi connectivity index (χ0v) is 19.7. The number of pyridine rings is 1. The van der Waals surface area contributed by atoms with E-state index in [0.29, 0.717) is 31.2 Å². The molecule has 10 heteroatoms. The summed E-state index contributed by atoms with van der Waals surface area (Å²) in [6.07, 6.45) is 3.43. The minimum absolute atomic E-state index is 0.225. The summed E-state index contributed by atoms with van der Waals surface area (Å²) in [6.45, 7) is 0. The molecule has 0 saturated carbocycles. The van der Waals surface area contributed by atoms with Gasteiger partial charge in [0.1, 0.15) is 11.2 Å². The van der Waals surface area contributed by atoms with Crippen molar-refractivity contribution < 1.29 is 14.6 Å². The van der Waals surface area contributed by atoms with Gasteiger partial charge in [-0.1, -0.05) is 35.9 Å². The summed E-state index contributed by atoms with van der Waals surface area (Å²) in [7, 11) is 0. The second-order valence-corrected chi connectivity index (χ2v) is 8.66. The molecule has 156 valence electrons. The molecule has 2 amide bonds. The van der Waals surface area contributed by atoms with Crippen LogP contribution in [0.5, 0.6) is 0 Å². The largest absolute Gasteiger partial charge is 0.317 e. The third-order valence-corrected chi connectivity index (χ3v) is 6.21. The van der Waals surface area contributed by atoms with Crippen LogP contribution in [0.3, 0.4) is 0 Å². The van der Waals surface area contributed by atoms with Crippen molar-refractivity contribution in [3.63, 3.8) is 0 Å². The number of H-pyrrole nitrogens is 1. The monoisotopic (exact) mass is 562 g/mol. The van der Waals surface area contributed by atoms with Gasteiger partial charge in [-0.2, -0.15) is 4.57 Å². The van der Waals surface area contributed by atoms with Crippen LogP contribution in [0.2, 0.25) is 5.02 Å². The van der Waals surface area contributed by atoms with E-state index in [-0.39, 0.29) is 5.56 Å². The summed E-state index contributed by atoms with van der Waals surface area (Å²) in [5.74, 6) is 4.92. The lowest BCUT2D eigenvalue weighted by molar-refractivity contribution is -0.373. The smallest absolute Gasteiger partial charge is 0.303 e. The number of hydrogen-bond donors (Lipinski definition) is 3. The maximum atomic E-state index is 13.3. The highest BCUT2D eigenvalue weighted by atomic mass is 79.9. The molecule has 0 aliphatic heterocycles. The number of hydrazine groups is 1. The highest BCUT2D eigenvalue weighted by Gasteiger charge is 2.26. The Kier molecular flexibility index (Phi) is 6.10. The number of carbonyl (C=O) groups is 2. The van der Waals surface area contributed by atoms with Crippen LogP contribution in [-0.2, 0) is 0 Å². The van der Waals surface area contributed by atoms with Gasteiger partial charge in [-0.25, -0.2) is 10.8 Å². The first kappa shape index (κ1) is 21.5. The van der Waals surface area contributed by atoms with Gasteiger partial charge in [-0.05, 0) is 60.8 Å². The van der Waals surface area contributed by atoms with Crippen molar-refractivity contribution in [2.75, 3.05) is 5.32 Å². The van der Waals surface area contributed by atoms with Crippen molar-refractivity contribution >= 4 is 71.7 Å². The Balaban J connectivity index is 1.82. The van der Waals surface area contributed by atoms with E-state index in [1.54, 1.807) is 41.2 Å². The zero-order chi connectivity index (χ0) is 22.1. The van der Waals surface area contributed by atoms with Crippen molar-refractivity contribution in [2.45, 2.75) is 0 Å². The Morgan fingerprint density at radius 1 is 1.06 bits per heavy atom. The molecule has 0 aliphatic carbocycles. The molecule has 7 nitrogen and oxygen atoms in total. The third kappa shape index (κ3) is 4.09. The number of aromatic nitrogens is 2. The van der Waals surface area contributed by atoms with E-state index in [1.807, 2.05) is 24.3 Å². The first-order valence-corrected chi connectivity index (χ1v) is 10.9. The Morgan fingerprint density at radius 3 is 2.58 bits per heavy atom. The topological polar surface area (TPSA) is 103 Å². The zero-order valence-electron chi connectivity index (χ0n) is 15.7.